The fourth-order valence-corrected chi connectivity index (χ4v) is 3.33. The van der Waals surface area contributed by atoms with E-state index in [0.717, 1.165) is 30.2 Å². The highest BCUT2D eigenvalue weighted by molar-refractivity contribution is 6.06. The van der Waals surface area contributed by atoms with Crippen LogP contribution in [0.3, 0.4) is 0 Å². The number of rotatable bonds is 7. The van der Waals surface area contributed by atoms with Crippen LogP contribution in [0.1, 0.15) is 41.0 Å². The summed E-state index contributed by atoms with van der Waals surface area (Å²) >= 11 is 0. The molecule has 1 aliphatic heterocycles. The molecule has 160 valence electrons. The largest absolute Gasteiger partial charge is 0.496 e. The number of anilines is 1. The highest BCUT2D eigenvalue weighted by atomic mass is 16.5. The SMILES string of the molecule is CCN1Cc2cc(OC)c(C(=O)Nc3cccc(C(=N)N(N)C(C)CO)n3)cc2C1. The molecule has 2 heterocycles. The van der Waals surface area contributed by atoms with Crippen LogP contribution in [-0.4, -0.2) is 58.0 Å². The molecule has 9 nitrogen and oxygen atoms in total. The molecule has 0 saturated heterocycles. The standard InChI is InChI=1S/C21H28N6O3/c1-4-26-10-14-8-16(18(30-3)9-15(14)11-26)21(29)25-19-7-5-6-17(24-19)20(22)27(23)13(2)12-28/h5-9,13,22,28H,4,10-12,23H2,1-3H3,(H,24,25,29). The Hall–Kier alpha value is -3.01. The predicted octanol–water partition coefficient (Wildman–Crippen LogP) is 1.56. The number of fused-ring (bicyclic) bond motifs is 1. The van der Waals surface area contributed by atoms with Gasteiger partial charge in [-0.15, -0.1) is 0 Å². The van der Waals surface area contributed by atoms with Crippen LogP contribution in [0.2, 0.25) is 0 Å². The van der Waals surface area contributed by atoms with E-state index in [1.165, 1.54) is 5.56 Å². The maximum absolute atomic E-state index is 12.9. The monoisotopic (exact) mass is 412 g/mol. The Balaban J connectivity index is 1.81. The number of aliphatic hydroxyl groups excluding tert-OH is 1. The summed E-state index contributed by atoms with van der Waals surface area (Å²) in [5.41, 5.74) is 3.00. The van der Waals surface area contributed by atoms with E-state index in [1.807, 2.05) is 12.1 Å². The van der Waals surface area contributed by atoms with E-state index in [4.69, 9.17) is 16.0 Å². The van der Waals surface area contributed by atoms with Crippen molar-refractivity contribution in [1.82, 2.24) is 14.9 Å². The second-order valence-corrected chi connectivity index (χ2v) is 7.27. The molecule has 0 aliphatic carbocycles. The molecule has 0 bridgehead atoms. The van der Waals surface area contributed by atoms with Crippen molar-refractivity contribution in [2.45, 2.75) is 33.0 Å². The number of nitrogens with zero attached hydrogens (tertiary/aromatic N) is 3. The molecule has 3 rings (SSSR count). The lowest BCUT2D eigenvalue weighted by Crippen LogP contribution is -2.46. The average Bonchev–Trinajstić information content (AvgIpc) is 3.18. The fraction of sp³-hybridized carbons (Fsp3) is 0.381. The Morgan fingerprint density at radius 1 is 1.40 bits per heavy atom. The summed E-state index contributed by atoms with van der Waals surface area (Å²) in [5, 5.41) is 21.3. The van der Waals surface area contributed by atoms with Gasteiger partial charge in [0, 0.05) is 13.1 Å². The first kappa shape index (κ1) is 21.7. The molecular formula is C21H28N6O3. The van der Waals surface area contributed by atoms with Gasteiger partial charge in [-0.05, 0) is 48.9 Å². The van der Waals surface area contributed by atoms with Crippen LogP contribution < -0.4 is 15.9 Å². The number of hydrogen-bond donors (Lipinski definition) is 4. The Morgan fingerprint density at radius 2 is 2.10 bits per heavy atom. The Bertz CT molecular complexity index is 948. The summed E-state index contributed by atoms with van der Waals surface area (Å²) in [6, 6.07) is 8.30. The van der Waals surface area contributed by atoms with Gasteiger partial charge in [0.2, 0.25) is 0 Å². The quantitative estimate of drug-likeness (QED) is 0.235. The van der Waals surface area contributed by atoms with Gasteiger partial charge in [-0.1, -0.05) is 13.0 Å². The lowest BCUT2D eigenvalue weighted by Gasteiger charge is -2.24. The Labute approximate surface area is 175 Å². The Morgan fingerprint density at radius 3 is 2.73 bits per heavy atom. The number of hydrazine groups is 1. The number of aromatic nitrogens is 1. The van der Waals surface area contributed by atoms with Crippen molar-refractivity contribution in [3.05, 3.63) is 52.7 Å². The zero-order valence-electron chi connectivity index (χ0n) is 17.5. The van der Waals surface area contributed by atoms with Crippen LogP contribution in [0.25, 0.3) is 0 Å². The van der Waals surface area contributed by atoms with Crippen molar-refractivity contribution in [3.8, 4) is 5.75 Å². The first-order chi connectivity index (χ1) is 14.4. The lowest BCUT2D eigenvalue weighted by molar-refractivity contribution is 0.102. The molecule has 1 amide bonds. The maximum Gasteiger partial charge on any atom is 0.260 e. The summed E-state index contributed by atoms with van der Waals surface area (Å²) in [6.45, 7) is 6.20. The van der Waals surface area contributed by atoms with Gasteiger partial charge in [0.15, 0.2) is 5.84 Å². The molecule has 2 aromatic rings. The van der Waals surface area contributed by atoms with Crippen molar-refractivity contribution >= 4 is 17.6 Å². The van der Waals surface area contributed by atoms with Gasteiger partial charge < -0.3 is 15.2 Å². The van der Waals surface area contributed by atoms with Crippen LogP contribution in [0.5, 0.6) is 5.75 Å². The number of carbonyl (C=O) groups is 1. The third-order valence-corrected chi connectivity index (χ3v) is 5.23. The molecular weight excluding hydrogens is 384 g/mol. The van der Waals surface area contributed by atoms with Crippen molar-refractivity contribution in [2.75, 3.05) is 25.6 Å². The number of carbonyl (C=O) groups excluding carboxylic acids is 1. The molecule has 1 aliphatic rings. The van der Waals surface area contributed by atoms with Gasteiger partial charge in [-0.2, -0.15) is 0 Å². The van der Waals surface area contributed by atoms with Crippen LogP contribution in [0.4, 0.5) is 5.82 Å². The van der Waals surface area contributed by atoms with Crippen LogP contribution in [0, 0.1) is 5.41 Å². The van der Waals surface area contributed by atoms with Crippen LogP contribution in [-0.2, 0) is 13.1 Å². The second-order valence-electron chi connectivity index (χ2n) is 7.27. The number of nitrogens with one attached hydrogen (secondary N) is 2. The van der Waals surface area contributed by atoms with Crippen molar-refractivity contribution in [2.24, 2.45) is 5.84 Å². The van der Waals surface area contributed by atoms with Crippen molar-refractivity contribution in [1.29, 1.82) is 5.41 Å². The highest BCUT2D eigenvalue weighted by Gasteiger charge is 2.23. The maximum atomic E-state index is 12.9. The predicted molar refractivity (Wildman–Crippen MR) is 114 cm³/mol. The third kappa shape index (κ3) is 4.43. The topological polar surface area (TPSA) is 128 Å². The average molecular weight is 412 g/mol. The van der Waals surface area contributed by atoms with E-state index in [9.17, 15) is 9.90 Å². The normalized spacial score (nSPS) is 14.2. The summed E-state index contributed by atoms with van der Waals surface area (Å²) in [7, 11) is 1.55. The van der Waals surface area contributed by atoms with Gasteiger partial charge in [-0.3, -0.25) is 20.1 Å². The van der Waals surface area contributed by atoms with Gasteiger partial charge in [0.05, 0.1) is 25.3 Å². The van der Waals surface area contributed by atoms with Gasteiger partial charge in [0.25, 0.3) is 5.91 Å². The molecule has 0 fully saturated rings. The summed E-state index contributed by atoms with van der Waals surface area (Å²) in [6.07, 6.45) is 0. The zero-order chi connectivity index (χ0) is 21.8. The molecule has 1 aromatic carbocycles. The van der Waals surface area contributed by atoms with E-state index >= 15 is 0 Å². The zero-order valence-corrected chi connectivity index (χ0v) is 17.5. The second kappa shape index (κ2) is 9.21. The number of amides is 1. The number of amidine groups is 1. The third-order valence-electron chi connectivity index (χ3n) is 5.23. The number of benzene rings is 1. The van der Waals surface area contributed by atoms with Crippen LogP contribution in [0.15, 0.2) is 30.3 Å². The lowest BCUT2D eigenvalue weighted by atomic mass is 10.0. The van der Waals surface area contributed by atoms with Crippen molar-refractivity contribution in [3.63, 3.8) is 0 Å². The Kier molecular flexibility index (Phi) is 6.66. The molecule has 0 spiro atoms. The van der Waals surface area contributed by atoms with Gasteiger partial charge in [-0.25, -0.2) is 10.8 Å². The summed E-state index contributed by atoms with van der Waals surface area (Å²) < 4.78 is 5.45. The van der Waals surface area contributed by atoms with Gasteiger partial charge in [0.1, 0.15) is 17.3 Å². The van der Waals surface area contributed by atoms with Crippen molar-refractivity contribution < 1.29 is 14.6 Å². The molecule has 1 atom stereocenters. The fourth-order valence-electron chi connectivity index (χ4n) is 3.33. The van der Waals surface area contributed by atoms with E-state index in [1.54, 1.807) is 32.2 Å². The molecule has 9 heteroatoms. The van der Waals surface area contributed by atoms with Crippen LogP contribution >= 0.6 is 0 Å². The minimum Gasteiger partial charge on any atom is -0.496 e. The van der Waals surface area contributed by atoms with Gasteiger partial charge >= 0.3 is 0 Å². The highest BCUT2D eigenvalue weighted by Crippen LogP contribution is 2.30. The minimum atomic E-state index is -0.434. The molecule has 1 unspecified atom stereocenters. The molecule has 1 aromatic heterocycles. The smallest absolute Gasteiger partial charge is 0.260 e. The number of pyridine rings is 1. The molecule has 0 saturated carbocycles. The number of methoxy groups -OCH3 is 1. The molecule has 0 radical (unpaired) electrons. The first-order valence-corrected chi connectivity index (χ1v) is 9.82. The number of nitrogens with two attached hydrogens (primary N) is 1. The summed E-state index contributed by atoms with van der Waals surface area (Å²) in [4.78, 5) is 19.6. The number of aliphatic hydroxyl groups is 1. The van der Waals surface area contributed by atoms with E-state index in [-0.39, 0.29) is 24.0 Å². The minimum absolute atomic E-state index is 0.0533. The number of hydrogen-bond acceptors (Lipinski definition) is 7. The van der Waals surface area contributed by atoms with E-state index in [0.29, 0.717) is 17.1 Å². The molecule has 30 heavy (non-hydrogen) atoms. The summed E-state index contributed by atoms with van der Waals surface area (Å²) in [5.74, 6) is 6.28. The molecule has 5 N–H and O–H groups in total. The first-order valence-electron chi connectivity index (χ1n) is 9.82. The van der Waals surface area contributed by atoms with E-state index in [2.05, 4.69) is 22.1 Å². The van der Waals surface area contributed by atoms with E-state index < -0.39 is 6.04 Å². The number of ether oxygens (including phenoxy) is 1.